The summed E-state index contributed by atoms with van der Waals surface area (Å²) in [6.45, 7) is 1.97. The predicted octanol–water partition coefficient (Wildman–Crippen LogP) is 4.84. The Balaban J connectivity index is 2.04. The minimum Gasteiger partial charge on any atom is -0.219 e. The molecule has 0 unspecified atom stereocenters. The number of hydrogen-bond donors (Lipinski definition) is 0. The largest absolute Gasteiger partial charge is 0.417 e. The van der Waals surface area contributed by atoms with Crippen LogP contribution >= 0.6 is 11.6 Å². The van der Waals surface area contributed by atoms with Crippen LogP contribution in [0.2, 0.25) is 5.02 Å². The Labute approximate surface area is 141 Å². The van der Waals surface area contributed by atoms with Gasteiger partial charge in [0.2, 0.25) is 0 Å². The summed E-state index contributed by atoms with van der Waals surface area (Å²) in [6, 6.07) is 11.5. The van der Waals surface area contributed by atoms with Gasteiger partial charge in [0, 0.05) is 6.42 Å². The first kappa shape index (κ1) is 16.5. The van der Waals surface area contributed by atoms with Gasteiger partial charge in [0.15, 0.2) is 0 Å². The van der Waals surface area contributed by atoms with Gasteiger partial charge in [-0.25, -0.2) is 9.67 Å². The number of alkyl halides is 3. The highest BCUT2D eigenvalue weighted by molar-refractivity contribution is 6.33. The van der Waals surface area contributed by atoms with Gasteiger partial charge in [0.1, 0.15) is 12.2 Å². The second-order valence-electron chi connectivity index (χ2n) is 5.33. The highest BCUT2D eigenvalue weighted by Crippen LogP contribution is 2.37. The van der Waals surface area contributed by atoms with Crippen molar-refractivity contribution in [3.63, 3.8) is 0 Å². The lowest BCUT2D eigenvalue weighted by atomic mass is 10.1. The van der Waals surface area contributed by atoms with Gasteiger partial charge < -0.3 is 0 Å². The van der Waals surface area contributed by atoms with E-state index in [2.05, 4.69) is 10.1 Å². The van der Waals surface area contributed by atoms with Crippen molar-refractivity contribution in [2.45, 2.75) is 19.5 Å². The molecule has 1 heterocycles. The molecule has 3 rings (SSSR count). The van der Waals surface area contributed by atoms with Crippen LogP contribution in [0, 0.1) is 6.92 Å². The molecule has 3 aromatic rings. The number of rotatable bonds is 3. The summed E-state index contributed by atoms with van der Waals surface area (Å²) in [5, 5.41) is 3.66. The first-order chi connectivity index (χ1) is 11.4. The van der Waals surface area contributed by atoms with Crippen LogP contribution < -0.4 is 0 Å². The Hall–Kier alpha value is -2.34. The average molecular weight is 352 g/mol. The Bertz CT molecular complexity index is 872. The van der Waals surface area contributed by atoms with Crippen molar-refractivity contribution >= 4 is 11.6 Å². The number of nitrogens with zero attached hydrogens (tertiary/aromatic N) is 3. The molecule has 124 valence electrons. The standard InChI is InChI=1S/C17H13ClF3N3/c1-11-5-2-3-6-12(11)9-15-22-10-23-24(15)14-8-4-7-13(16(14)18)17(19,20)21/h2-8,10H,9H2,1H3. The monoisotopic (exact) mass is 351 g/mol. The van der Waals surface area contributed by atoms with Crippen LogP contribution in [0.3, 0.4) is 0 Å². The molecule has 0 fully saturated rings. The number of aryl methyl sites for hydroxylation is 1. The lowest BCUT2D eigenvalue weighted by molar-refractivity contribution is -0.137. The minimum absolute atomic E-state index is 0.160. The van der Waals surface area contributed by atoms with Crippen LogP contribution in [0.15, 0.2) is 48.8 Å². The third kappa shape index (κ3) is 3.14. The molecule has 1 aromatic heterocycles. The zero-order chi connectivity index (χ0) is 17.3. The van der Waals surface area contributed by atoms with Gasteiger partial charge in [0.05, 0.1) is 16.3 Å². The van der Waals surface area contributed by atoms with Crippen molar-refractivity contribution in [2.75, 3.05) is 0 Å². The molecule has 0 bridgehead atoms. The molecule has 2 aromatic carbocycles. The molecule has 0 aliphatic rings. The fraction of sp³-hybridized carbons (Fsp3) is 0.176. The molecule has 0 N–H and O–H groups in total. The molecule has 0 spiro atoms. The number of halogens is 4. The average Bonchev–Trinajstić information content (AvgIpc) is 2.96. The summed E-state index contributed by atoms with van der Waals surface area (Å²) in [4.78, 5) is 4.17. The smallest absolute Gasteiger partial charge is 0.219 e. The molecular formula is C17H13ClF3N3. The fourth-order valence-corrected chi connectivity index (χ4v) is 2.78. The van der Waals surface area contributed by atoms with Crippen molar-refractivity contribution in [2.24, 2.45) is 0 Å². The number of hydrogen-bond acceptors (Lipinski definition) is 2. The summed E-state index contributed by atoms with van der Waals surface area (Å²) in [5.41, 5.74) is 1.36. The quantitative estimate of drug-likeness (QED) is 0.676. The third-order valence-electron chi connectivity index (χ3n) is 3.74. The van der Waals surface area contributed by atoms with Crippen molar-refractivity contribution in [3.8, 4) is 5.69 Å². The van der Waals surface area contributed by atoms with E-state index in [1.54, 1.807) is 0 Å². The highest BCUT2D eigenvalue weighted by atomic mass is 35.5. The van der Waals surface area contributed by atoms with Gasteiger partial charge in [0.25, 0.3) is 0 Å². The van der Waals surface area contributed by atoms with Crippen LogP contribution in [0.4, 0.5) is 13.2 Å². The van der Waals surface area contributed by atoms with E-state index in [0.29, 0.717) is 12.2 Å². The molecule has 7 heteroatoms. The van der Waals surface area contributed by atoms with Crippen molar-refractivity contribution in [1.29, 1.82) is 0 Å². The summed E-state index contributed by atoms with van der Waals surface area (Å²) < 4.78 is 40.5. The molecule has 3 nitrogen and oxygen atoms in total. The van der Waals surface area contributed by atoms with E-state index in [9.17, 15) is 13.2 Å². The third-order valence-corrected chi connectivity index (χ3v) is 4.14. The van der Waals surface area contributed by atoms with Crippen molar-refractivity contribution in [1.82, 2.24) is 14.8 Å². The molecule has 24 heavy (non-hydrogen) atoms. The van der Waals surface area contributed by atoms with Crippen LogP contribution in [-0.2, 0) is 12.6 Å². The van der Waals surface area contributed by atoms with Crippen LogP contribution in [-0.4, -0.2) is 14.8 Å². The zero-order valence-electron chi connectivity index (χ0n) is 12.7. The Morgan fingerprint density at radius 1 is 1.08 bits per heavy atom. The number of aromatic nitrogens is 3. The molecule has 0 saturated carbocycles. The number of benzene rings is 2. The van der Waals surface area contributed by atoms with E-state index in [-0.39, 0.29) is 10.7 Å². The summed E-state index contributed by atoms with van der Waals surface area (Å²) >= 11 is 5.98. The minimum atomic E-state index is -4.52. The van der Waals surface area contributed by atoms with Gasteiger partial charge in [-0.1, -0.05) is 41.9 Å². The zero-order valence-corrected chi connectivity index (χ0v) is 13.4. The topological polar surface area (TPSA) is 30.7 Å². The lowest BCUT2D eigenvalue weighted by Crippen LogP contribution is -2.10. The Kier molecular flexibility index (Phi) is 4.32. The first-order valence-electron chi connectivity index (χ1n) is 7.17. The van der Waals surface area contributed by atoms with E-state index in [0.717, 1.165) is 17.2 Å². The molecular weight excluding hydrogens is 339 g/mol. The molecule has 0 radical (unpaired) electrons. The van der Waals surface area contributed by atoms with Gasteiger partial charge >= 0.3 is 6.18 Å². The van der Waals surface area contributed by atoms with Crippen LogP contribution in [0.1, 0.15) is 22.5 Å². The second-order valence-corrected chi connectivity index (χ2v) is 5.71. The van der Waals surface area contributed by atoms with E-state index < -0.39 is 11.7 Å². The molecule has 0 atom stereocenters. The first-order valence-corrected chi connectivity index (χ1v) is 7.55. The van der Waals surface area contributed by atoms with Crippen LogP contribution in [0.25, 0.3) is 5.69 Å². The normalized spacial score (nSPS) is 11.7. The van der Waals surface area contributed by atoms with E-state index in [1.807, 2.05) is 31.2 Å². The lowest BCUT2D eigenvalue weighted by Gasteiger charge is -2.14. The summed E-state index contributed by atoms with van der Waals surface area (Å²) in [7, 11) is 0. The molecule has 0 amide bonds. The van der Waals surface area contributed by atoms with Gasteiger partial charge in [-0.15, -0.1) is 0 Å². The molecule has 0 aliphatic heterocycles. The SMILES string of the molecule is Cc1ccccc1Cc1ncnn1-c1cccc(C(F)(F)F)c1Cl. The maximum Gasteiger partial charge on any atom is 0.417 e. The van der Waals surface area contributed by atoms with E-state index in [1.165, 1.54) is 23.1 Å². The Morgan fingerprint density at radius 2 is 1.83 bits per heavy atom. The van der Waals surface area contributed by atoms with Gasteiger partial charge in [-0.3, -0.25) is 0 Å². The van der Waals surface area contributed by atoms with Crippen LogP contribution in [0.5, 0.6) is 0 Å². The Morgan fingerprint density at radius 3 is 2.54 bits per heavy atom. The van der Waals surface area contributed by atoms with Crippen molar-refractivity contribution < 1.29 is 13.2 Å². The summed E-state index contributed by atoms with van der Waals surface area (Å²) in [6.07, 6.45) is -2.77. The molecule has 0 saturated heterocycles. The van der Waals surface area contributed by atoms with Crippen molar-refractivity contribution in [3.05, 3.63) is 76.3 Å². The summed E-state index contributed by atoms with van der Waals surface area (Å²) in [5.74, 6) is 0.519. The molecule has 0 aliphatic carbocycles. The van der Waals surface area contributed by atoms with E-state index >= 15 is 0 Å². The maximum atomic E-state index is 13.0. The maximum absolute atomic E-state index is 13.0. The highest BCUT2D eigenvalue weighted by Gasteiger charge is 2.34. The second kappa shape index (κ2) is 6.28. The van der Waals surface area contributed by atoms with E-state index in [4.69, 9.17) is 11.6 Å². The van der Waals surface area contributed by atoms with Gasteiger partial charge in [-0.2, -0.15) is 18.3 Å². The van der Waals surface area contributed by atoms with Gasteiger partial charge in [-0.05, 0) is 30.2 Å². The fourth-order valence-electron chi connectivity index (χ4n) is 2.47. The predicted molar refractivity (Wildman–Crippen MR) is 85.4 cm³/mol.